The molecule has 0 unspecified atom stereocenters. The molecular formula is C12H9F4N3O2S. The number of carbonyl (C=O) groups is 1. The number of amides is 1. The van der Waals surface area contributed by atoms with E-state index in [-0.39, 0.29) is 22.4 Å². The molecule has 5 nitrogen and oxygen atoms in total. The van der Waals surface area contributed by atoms with Gasteiger partial charge in [0.2, 0.25) is 5.91 Å². The topological polar surface area (TPSA) is 63.1 Å². The van der Waals surface area contributed by atoms with Crippen molar-refractivity contribution in [2.24, 2.45) is 10.2 Å². The highest BCUT2D eigenvalue weighted by molar-refractivity contribution is 8.15. The van der Waals surface area contributed by atoms with Crippen LogP contribution in [0.4, 0.5) is 17.6 Å². The van der Waals surface area contributed by atoms with E-state index in [0.29, 0.717) is 6.07 Å². The summed E-state index contributed by atoms with van der Waals surface area (Å²) < 4.78 is 56.3. The van der Waals surface area contributed by atoms with Crippen molar-refractivity contribution in [2.45, 2.75) is 6.18 Å². The Morgan fingerprint density at radius 2 is 2.14 bits per heavy atom. The van der Waals surface area contributed by atoms with Crippen LogP contribution in [0.25, 0.3) is 0 Å². The standard InChI is InChI=1S/C12H9F4N3O2S/c1-21-10-6(2-3-7(9(10)13)12(14,15)16)4-17-19-11-18-8(20)5-22-11/h2-4H,5H2,1H3,(H,18,19,20). The Morgan fingerprint density at radius 3 is 2.68 bits per heavy atom. The van der Waals surface area contributed by atoms with Crippen LogP contribution in [0.5, 0.6) is 5.75 Å². The molecule has 1 aliphatic rings. The molecule has 1 aliphatic heterocycles. The second-order valence-corrected chi connectivity index (χ2v) is 5.00. The van der Waals surface area contributed by atoms with Gasteiger partial charge in [-0.1, -0.05) is 11.8 Å². The zero-order valence-electron chi connectivity index (χ0n) is 11.1. The number of amidine groups is 1. The molecule has 1 N–H and O–H groups in total. The predicted molar refractivity (Wildman–Crippen MR) is 73.6 cm³/mol. The van der Waals surface area contributed by atoms with Crippen molar-refractivity contribution in [2.75, 3.05) is 12.9 Å². The van der Waals surface area contributed by atoms with Crippen molar-refractivity contribution in [1.29, 1.82) is 0 Å². The number of thioether (sulfide) groups is 1. The van der Waals surface area contributed by atoms with E-state index >= 15 is 0 Å². The molecule has 2 rings (SSSR count). The predicted octanol–water partition coefficient (Wildman–Crippen LogP) is 2.41. The molecule has 1 aromatic carbocycles. The third-order valence-electron chi connectivity index (χ3n) is 2.57. The lowest BCUT2D eigenvalue weighted by Crippen LogP contribution is -2.19. The Hall–Kier alpha value is -2.10. The van der Waals surface area contributed by atoms with Crippen LogP contribution in [0.1, 0.15) is 11.1 Å². The zero-order valence-corrected chi connectivity index (χ0v) is 11.9. The first kappa shape index (κ1) is 16.3. The number of halogens is 4. The Bertz CT molecular complexity index is 659. The number of methoxy groups -OCH3 is 1. The molecule has 1 saturated heterocycles. The van der Waals surface area contributed by atoms with E-state index in [0.717, 1.165) is 31.2 Å². The van der Waals surface area contributed by atoms with Crippen molar-refractivity contribution < 1.29 is 27.1 Å². The average Bonchev–Trinajstić information content (AvgIpc) is 2.83. The zero-order chi connectivity index (χ0) is 16.3. The summed E-state index contributed by atoms with van der Waals surface area (Å²) in [6.07, 6.45) is -3.78. The fraction of sp³-hybridized carbons (Fsp3) is 0.250. The summed E-state index contributed by atoms with van der Waals surface area (Å²) in [4.78, 5) is 10.9. The van der Waals surface area contributed by atoms with Crippen LogP contribution < -0.4 is 10.1 Å². The van der Waals surface area contributed by atoms with Gasteiger partial charge in [-0.2, -0.15) is 18.3 Å². The van der Waals surface area contributed by atoms with Gasteiger partial charge in [0.05, 0.1) is 24.6 Å². The number of alkyl halides is 3. The second-order valence-electron chi connectivity index (χ2n) is 4.03. The van der Waals surface area contributed by atoms with Gasteiger partial charge in [-0.25, -0.2) is 4.39 Å². The maximum Gasteiger partial charge on any atom is 0.419 e. The minimum absolute atomic E-state index is 0.00771. The molecule has 0 spiro atoms. The first-order valence-electron chi connectivity index (χ1n) is 5.80. The number of nitrogens with one attached hydrogen (secondary N) is 1. The van der Waals surface area contributed by atoms with E-state index in [4.69, 9.17) is 0 Å². The Labute approximate surface area is 126 Å². The first-order chi connectivity index (χ1) is 10.3. The number of rotatable bonds is 3. The largest absolute Gasteiger partial charge is 0.493 e. The van der Waals surface area contributed by atoms with Gasteiger partial charge >= 0.3 is 6.18 Å². The number of benzene rings is 1. The van der Waals surface area contributed by atoms with Crippen LogP contribution in [0.3, 0.4) is 0 Å². The van der Waals surface area contributed by atoms with Gasteiger partial charge < -0.3 is 10.1 Å². The highest BCUT2D eigenvalue weighted by Gasteiger charge is 2.36. The quantitative estimate of drug-likeness (QED) is 0.524. The summed E-state index contributed by atoms with van der Waals surface area (Å²) in [5, 5.41) is 9.93. The minimum Gasteiger partial charge on any atom is -0.493 e. The fourth-order valence-electron chi connectivity index (χ4n) is 1.62. The molecular weight excluding hydrogens is 326 g/mol. The molecule has 1 aromatic rings. The Morgan fingerprint density at radius 1 is 1.41 bits per heavy atom. The maximum atomic E-state index is 13.8. The number of ether oxygens (including phenoxy) is 1. The van der Waals surface area contributed by atoms with Crippen LogP contribution in [-0.2, 0) is 11.0 Å². The van der Waals surface area contributed by atoms with Crippen LogP contribution in [0.15, 0.2) is 22.3 Å². The van der Waals surface area contributed by atoms with E-state index < -0.39 is 23.3 Å². The summed E-state index contributed by atoms with van der Waals surface area (Å²) in [5.41, 5.74) is -1.43. The number of hydrogen-bond acceptors (Lipinski definition) is 5. The van der Waals surface area contributed by atoms with E-state index in [1.54, 1.807) is 0 Å². The third-order valence-corrected chi connectivity index (χ3v) is 3.43. The summed E-state index contributed by atoms with van der Waals surface area (Å²) in [6.45, 7) is 0. The van der Waals surface area contributed by atoms with Gasteiger partial charge in [0.15, 0.2) is 16.7 Å². The first-order valence-corrected chi connectivity index (χ1v) is 6.79. The molecule has 0 radical (unpaired) electrons. The molecule has 0 saturated carbocycles. The highest BCUT2D eigenvalue weighted by Crippen LogP contribution is 2.36. The smallest absolute Gasteiger partial charge is 0.419 e. The SMILES string of the molecule is COc1c(C=NN=C2NC(=O)CS2)ccc(C(F)(F)F)c1F. The molecule has 1 fully saturated rings. The monoisotopic (exact) mass is 335 g/mol. The van der Waals surface area contributed by atoms with Gasteiger partial charge in [-0.15, -0.1) is 5.10 Å². The van der Waals surface area contributed by atoms with Gasteiger partial charge in [0.25, 0.3) is 0 Å². The number of hydrogen-bond donors (Lipinski definition) is 1. The van der Waals surface area contributed by atoms with E-state index in [1.165, 1.54) is 0 Å². The number of carbonyl (C=O) groups excluding carboxylic acids is 1. The third kappa shape index (κ3) is 3.56. The number of nitrogens with zero attached hydrogens (tertiary/aromatic N) is 2. The molecule has 1 amide bonds. The minimum atomic E-state index is -4.82. The molecule has 0 aliphatic carbocycles. The van der Waals surface area contributed by atoms with E-state index in [2.05, 4.69) is 20.3 Å². The van der Waals surface area contributed by atoms with E-state index in [1.807, 2.05) is 0 Å². The van der Waals surface area contributed by atoms with Gasteiger partial charge in [-0.3, -0.25) is 4.79 Å². The lowest BCUT2D eigenvalue weighted by atomic mass is 10.1. The fourth-order valence-corrected chi connectivity index (χ4v) is 2.25. The maximum absolute atomic E-state index is 13.8. The molecule has 22 heavy (non-hydrogen) atoms. The lowest BCUT2D eigenvalue weighted by molar-refractivity contribution is -0.140. The Balaban J connectivity index is 2.28. The molecule has 0 atom stereocenters. The van der Waals surface area contributed by atoms with Gasteiger partial charge in [0.1, 0.15) is 0 Å². The van der Waals surface area contributed by atoms with Crippen molar-refractivity contribution in [3.05, 3.63) is 29.1 Å². The highest BCUT2D eigenvalue weighted by atomic mass is 32.2. The normalized spacial score (nSPS) is 17.3. The van der Waals surface area contributed by atoms with Gasteiger partial charge in [0, 0.05) is 5.56 Å². The molecule has 0 aromatic heterocycles. The molecule has 0 bridgehead atoms. The molecule has 118 valence electrons. The summed E-state index contributed by atoms with van der Waals surface area (Å²) in [5.74, 6) is -2.11. The molecule has 1 heterocycles. The summed E-state index contributed by atoms with van der Waals surface area (Å²) in [7, 11) is 1.05. The van der Waals surface area contributed by atoms with Crippen molar-refractivity contribution >= 4 is 29.1 Å². The van der Waals surface area contributed by atoms with E-state index in [9.17, 15) is 22.4 Å². The average molecular weight is 335 g/mol. The van der Waals surface area contributed by atoms with Crippen LogP contribution in [0, 0.1) is 5.82 Å². The van der Waals surface area contributed by atoms with Crippen molar-refractivity contribution in [3.63, 3.8) is 0 Å². The second kappa shape index (κ2) is 6.34. The van der Waals surface area contributed by atoms with Crippen LogP contribution >= 0.6 is 11.8 Å². The van der Waals surface area contributed by atoms with Crippen LogP contribution in [0.2, 0.25) is 0 Å². The van der Waals surface area contributed by atoms with Gasteiger partial charge in [-0.05, 0) is 12.1 Å². The molecule has 10 heteroatoms. The summed E-state index contributed by atoms with van der Waals surface area (Å²) >= 11 is 1.13. The van der Waals surface area contributed by atoms with Crippen molar-refractivity contribution in [3.8, 4) is 5.75 Å². The summed E-state index contributed by atoms with van der Waals surface area (Å²) in [6, 6.07) is 1.62. The van der Waals surface area contributed by atoms with Crippen LogP contribution in [-0.4, -0.2) is 30.2 Å². The van der Waals surface area contributed by atoms with Crippen molar-refractivity contribution in [1.82, 2.24) is 5.32 Å². The lowest BCUT2D eigenvalue weighted by Gasteiger charge is -2.12. The Kier molecular flexibility index (Phi) is 4.69.